The summed E-state index contributed by atoms with van der Waals surface area (Å²) in [4.78, 5) is 10.8. The first-order chi connectivity index (χ1) is 9.63. The highest BCUT2D eigenvalue weighted by molar-refractivity contribution is 7.99. The maximum atomic E-state index is 10.8. The predicted octanol–water partition coefficient (Wildman–Crippen LogP) is 3.16. The van der Waals surface area contributed by atoms with Crippen LogP contribution in [0.25, 0.3) is 0 Å². The number of carboxylic acids is 1. The topological polar surface area (TPSA) is 68.0 Å². The molecule has 1 saturated carbocycles. The molecule has 1 unspecified atom stereocenters. The Balaban J connectivity index is 2.20. The number of nitrogens with zero attached hydrogens (tertiary/aromatic N) is 3. The maximum Gasteiger partial charge on any atom is 0.313 e. The molecular formula is C14H23N3O2S. The van der Waals surface area contributed by atoms with Crippen molar-refractivity contribution in [1.82, 2.24) is 14.8 Å². The van der Waals surface area contributed by atoms with E-state index in [1.165, 1.54) is 37.4 Å². The van der Waals surface area contributed by atoms with Crippen molar-refractivity contribution in [2.45, 2.75) is 63.6 Å². The summed E-state index contributed by atoms with van der Waals surface area (Å²) in [6.07, 6.45) is 7.05. The van der Waals surface area contributed by atoms with Crippen LogP contribution in [0.4, 0.5) is 0 Å². The second-order valence-electron chi connectivity index (χ2n) is 5.49. The van der Waals surface area contributed by atoms with Gasteiger partial charge in [0.1, 0.15) is 5.82 Å². The molecule has 1 fully saturated rings. The van der Waals surface area contributed by atoms with Gasteiger partial charge in [-0.15, -0.1) is 10.2 Å². The van der Waals surface area contributed by atoms with Crippen LogP contribution in [0.3, 0.4) is 0 Å². The zero-order chi connectivity index (χ0) is 14.5. The third-order valence-corrected chi connectivity index (χ3v) is 4.95. The minimum absolute atomic E-state index is 0.0433. The highest BCUT2D eigenvalue weighted by Gasteiger charge is 2.27. The number of aliphatic carboxylic acids is 1. The molecule has 1 heterocycles. The number of hydrogen-bond acceptors (Lipinski definition) is 4. The van der Waals surface area contributed by atoms with E-state index in [0.29, 0.717) is 12.0 Å². The van der Waals surface area contributed by atoms with Crippen molar-refractivity contribution in [3.05, 3.63) is 5.82 Å². The first-order valence-electron chi connectivity index (χ1n) is 7.41. The van der Waals surface area contributed by atoms with E-state index in [9.17, 15) is 4.79 Å². The highest BCUT2D eigenvalue weighted by Crippen LogP contribution is 2.36. The molecule has 1 N–H and O–H groups in total. The van der Waals surface area contributed by atoms with Crippen molar-refractivity contribution in [3.8, 4) is 0 Å². The molecule has 0 spiro atoms. The Morgan fingerprint density at radius 1 is 1.45 bits per heavy atom. The largest absolute Gasteiger partial charge is 0.481 e. The first-order valence-corrected chi connectivity index (χ1v) is 8.40. The van der Waals surface area contributed by atoms with E-state index in [-0.39, 0.29) is 5.75 Å². The van der Waals surface area contributed by atoms with Gasteiger partial charge in [-0.1, -0.05) is 31.5 Å². The van der Waals surface area contributed by atoms with E-state index in [0.717, 1.165) is 23.8 Å². The molecule has 0 radical (unpaired) electrons. The molecule has 2 rings (SSSR count). The van der Waals surface area contributed by atoms with Gasteiger partial charge in [0, 0.05) is 12.5 Å². The smallest absolute Gasteiger partial charge is 0.313 e. The van der Waals surface area contributed by atoms with E-state index < -0.39 is 5.97 Å². The standard InChI is InChI=1S/C14H23N3O2S/c1-3-6-12-15-16-14(20-9-13(18)19)17(12)10(2)11-7-4-5-8-11/h10-11H,3-9H2,1-2H3,(H,18,19). The molecule has 0 aliphatic heterocycles. The van der Waals surface area contributed by atoms with Crippen LogP contribution >= 0.6 is 11.8 Å². The monoisotopic (exact) mass is 297 g/mol. The minimum atomic E-state index is -0.810. The Morgan fingerprint density at radius 2 is 2.15 bits per heavy atom. The third-order valence-electron chi connectivity index (χ3n) is 4.02. The lowest BCUT2D eigenvalue weighted by Gasteiger charge is -2.23. The van der Waals surface area contributed by atoms with E-state index >= 15 is 0 Å². The normalized spacial score (nSPS) is 17.5. The fraction of sp³-hybridized carbons (Fsp3) is 0.786. The van der Waals surface area contributed by atoms with Gasteiger partial charge >= 0.3 is 5.97 Å². The van der Waals surface area contributed by atoms with Crippen LogP contribution in [0, 0.1) is 5.92 Å². The van der Waals surface area contributed by atoms with Gasteiger partial charge in [0.05, 0.1) is 5.75 Å². The number of thioether (sulfide) groups is 1. The Bertz CT molecular complexity index is 455. The molecule has 5 nitrogen and oxygen atoms in total. The van der Waals surface area contributed by atoms with Gasteiger partial charge in [0.2, 0.25) is 0 Å². The van der Waals surface area contributed by atoms with Gasteiger partial charge < -0.3 is 9.67 Å². The number of aromatic nitrogens is 3. The first kappa shape index (κ1) is 15.4. The molecule has 1 aromatic rings. The second kappa shape index (κ2) is 7.11. The summed E-state index contributed by atoms with van der Waals surface area (Å²) in [5.41, 5.74) is 0. The summed E-state index contributed by atoms with van der Waals surface area (Å²) in [7, 11) is 0. The Morgan fingerprint density at radius 3 is 2.75 bits per heavy atom. The van der Waals surface area contributed by atoms with Gasteiger partial charge in [-0.05, 0) is 32.1 Å². The lowest BCUT2D eigenvalue weighted by Crippen LogP contribution is -2.18. The van der Waals surface area contributed by atoms with Crippen LogP contribution in [-0.2, 0) is 11.2 Å². The Kier molecular flexibility index (Phi) is 5.46. The van der Waals surface area contributed by atoms with Crippen molar-refractivity contribution in [1.29, 1.82) is 0 Å². The van der Waals surface area contributed by atoms with Gasteiger partial charge in [-0.25, -0.2) is 0 Å². The zero-order valence-corrected chi connectivity index (χ0v) is 13.0. The Labute approximate surface area is 124 Å². The van der Waals surface area contributed by atoms with Gasteiger partial charge in [0.25, 0.3) is 0 Å². The third kappa shape index (κ3) is 3.53. The number of hydrogen-bond donors (Lipinski definition) is 1. The molecule has 1 aliphatic carbocycles. The summed E-state index contributed by atoms with van der Waals surface area (Å²) in [5, 5.41) is 18.1. The van der Waals surface area contributed by atoms with E-state index in [2.05, 4.69) is 28.6 Å². The van der Waals surface area contributed by atoms with Crippen molar-refractivity contribution < 1.29 is 9.90 Å². The summed E-state index contributed by atoms with van der Waals surface area (Å²) in [6.45, 7) is 4.35. The van der Waals surface area contributed by atoms with Crippen LogP contribution in [0.1, 0.15) is 57.8 Å². The Hall–Kier alpha value is -1.04. The van der Waals surface area contributed by atoms with Gasteiger partial charge in [-0.3, -0.25) is 4.79 Å². The van der Waals surface area contributed by atoms with Crippen LogP contribution in [0.2, 0.25) is 0 Å². The molecule has 0 saturated heterocycles. The number of carboxylic acid groups (broad SMARTS) is 1. The predicted molar refractivity (Wildman–Crippen MR) is 79.0 cm³/mol. The molecule has 0 amide bonds. The van der Waals surface area contributed by atoms with Crippen molar-refractivity contribution in [2.24, 2.45) is 5.92 Å². The zero-order valence-electron chi connectivity index (χ0n) is 12.2. The number of aryl methyl sites for hydroxylation is 1. The van der Waals surface area contributed by atoms with Crippen molar-refractivity contribution in [2.75, 3.05) is 5.75 Å². The number of carbonyl (C=O) groups is 1. The summed E-state index contributed by atoms with van der Waals surface area (Å²) in [5.74, 6) is 0.905. The quantitative estimate of drug-likeness (QED) is 0.783. The van der Waals surface area contributed by atoms with E-state index in [1.54, 1.807) is 0 Å². The lowest BCUT2D eigenvalue weighted by molar-refractivity contribution is -0.133. The molecular weight excluding hydrogens is 274 g/mol. The lowest BCUT2D eigenvalue weighted by atomic mass is 9.99. The fourth-order valence-corrected chi connectivity index (χ4v) is 3.75. The van der Waals surface area contributed by atoms with Gasteiger partial charge in [-0.2, -0.15) is 0 Å². The number of rotatable bonds is 7. The summed E-state index contributed by atoms with van der Waals surface area (Å²) < 4.78 is 2.19. The van der Waals surface area contributed by atoms with Crippen LogP contribution in [-0.4, -0.2) is 31.6 Å². The van der Waals surface area contributed by atoms with Crippen LogP contribution in [0.15, 0.2) is 5.16 Å². The average Bonchev–Trinajstić information content (AvgIpc) is 3.05. The molecule has 20 heavy (non-hydrogen) atoms. The van der Waals surface area contributed by atoms with E-state index in [4.69, 9.17) is 5.11 Å². The van der Waals surface area contributed by atoms with E-state index in [1.807, 2.05) is 0 Å². The second-order valence-corrected chi connectivity index (χ2v) is 6.43. The van der Waals surface area contributed by atoms with Crippen LogP contribution in [0.5, 0.6) is 0 Å². The molecule has 1 aromatic heterocycles. The van der Waals surface area contributed by atoms with Gasteiger partial charge in [0.15, 0.2) is 5.16 Å². The summed E-state index contributed by atoms with van der Waals surface area (Å²) >= 11 is 1.28. The van der Waals surface area contributed by atoms with Crippen molar-refractivity contribution >= 4 is 17.7 Å². The molecule has 6 heteroatoms. The minimum Gasteiger partial charge on any atom is -0.481 e. The van der Waals surface area contributed by atoms with Crippen LogP contribution < -0.4 is 0 Å². The SMILES string of the molecule is CCCc1nnc(SCC(=O)O)n1C(C)C1CCCC1. The molecule has 112 valence electrons. The molecule has 1 aliphatic rings. The molecule has 1 atom stereocenters. The maximum absolute atomic E-state index is 10.8. The molecule has 0 aromatic carbocycles. The van der Waals surface area contributed by atoms with Crippen molar-refractivity contribution in [3.63, 3.8) is 0 Å². The fourth-order valence-electron chi connectivity index (χ4n) is 2.99. The average molecular weight is 297 g/mol. The summed E-state index contributed by atoms with van der Waals surface area (Å²) in [6, 6.07) is 0.366. The molecule has 0 bridgehead atoms. The highest BCUT2D eigenvalue weighted by atomic mass is 32.2.